The van der Waals surface area contributed by atoms with Gasteiger partial charge in [-0.2, -0.15) is 0 Å². The molecular formula is C9H26N6O. The molecule has 1 atom stereocenters. The third-order valence-electron chi connectivity index (χ3n) is 2.82. The second kappa shape index (κ2) is 7.91. The molecule has 0 radical (unpaired) electrons. The summed E-state index contributed by atoms with van der Waals surface area (Å²) in [5.74, 6) is -0.442. The summed E-state index contributed by atoms with van der Waals surface area (Å²) in [5.41, 5.74) is 11.4. The van der Waals surface area contributed by atoms with Gasteiger partial charge in [0.2, 0.25) is 0 Å². The lowest BCUT2D eigenvalue weighted by Crippen LogP contribution is -2.70. The first-order valence-electron chi connectivity index (χ1n) is 5.46. The van der Waals surface area contributed by atoms with Crippen LogP contribution in [0.5, 0.6) is 0 Å². The summed E-state index contributed by atoms with van der Waals surface area (Å²) in [6.45, 7) is 1.49. The van der Waals surface area contributed by atoms with Crippen LogP contribution in [0.4, 0.5) is 0 Å². The second-order valence-electron chi connectivity index (χ2n) is 3.65. The number of rotatable bonds is 9. The number of nitrogens with two attached hydrogens (primary N) is 2. The number of aliphatic hydroxyl groups is 1. The average molecular weight is 234 g/mol. The van der Waals surface area contributed by atoms with Crippen molar-refractivity contribution in [2.75, 3.05) is 47.4 Å². The first-order valence-corrected chi connectivity index (χ1v) is 5.46. The summed E-state index contributed by atoms with van der Waals surface area (Å²) in [6.07, 6.45) is -0.262. The Kier molecular flexibility index (Phi) is 7.77. The normalized spacial score (nSPS) is 14.4. The molecule has 0 heterocycles. The van der Waals surface area contributed by atoms with Gasteiger partial charge in [-0.15, -0.1) is 0 Å². The molecule has 0 amide bonds. The number of likely N-dealkylation sites (N-methyl/N-ethyl adjacent to an activating group) is 3. The van der Waals surface area contributed by atoms with E-state index in [0.29, 0.717) is 19.6 Å². The van der Waals surface area contributed by atoms with E-state index in [1.54, 1.807) is 0 Å². The molecule has 0 saturated carbocycles. The van der Waals surface area contributed by atoms with Crippen molar-refractivity contribution in [2.24, 2.45) is 11.5 Å². The van der Waals surface area contributed by atoms with Gasteiger partial charge in [0.05, 0.1) is 12.8 Å². The molecule has 16 heavy (non-hydrogen) atoms. The fraction of sp³-hybridized carbons (Fsp3) is 1.00. The summed E-state index contributed by atoms with van der Waals surface area (Å²) in [7, 11) is 5.54. The fourth-order valence-corrected chi connectivity index (χ4v) is 1.56. The summed E-state index contributed by atoms with van der Waals surface area (Å²) < 4.78 is 0. The first-order chi connectivity index (χ1) is 7.59. The van der Waals surface area contributed by atoms with E-state index in [-0.39, 0.29) is 12.8 Å². The molecule has 8 N–H and O–H groups in total. The summed E-state index contributed by atoms with van der Waals surface area (Å²) >= 11 is 0. The van der Waals surface area contributed by atoms with Crippen LogP contribution in [0.2, 0.25) is 0 Å². The van der Waals surface area contributed by atoms with Crippen molar-refractivity contribution in [1.29, 1.82) is 0 Å². The Bertz CT molecular complexity index is 167. The molecule has 0 saturated heterocycles. The molecule has 0 aromatic heterocycles. The minimum atomic E-state index is -0.442. The zero-order chi connectivity index (χ0) is 12.6. The standard InChI is InChI=1S/C9H26N6O/c1-12-9(13-2,14-3)7-15(4-5-16)8(11)6-10/h8,12-14,16H,4-7,10-11H2,1-3H3. The molecule has 0 fully saturated rings. The third-order valence-corrected chi connectivity index (χ3v) is 2.82. The van der Waals surface area contributed by atoms with Crippen LogP contribution < -0.4 is 27.4 Å². The van der Waals surface area contributed by atoms with E-state index in [9.17, 15) is 0 Å². The average Bonchev–Trinajstić information content (AvgIpc) is 2.34. The van der Waals surface area contributed by atoms with Crippen LogP contribution in [-0.4, -0.2) is 69.3 Å². The van der Waals surface area contributed by atoms with Gasteiger partial charge in [0, 0.05) is 19.6 Å². The van der Waals surface area contributed by atoms with Crippen molar-refractivity contribution in [3.8, 4) is 0 Å². The number of hydrogen-bond donors (Lipinski definition) is 6. The molecule has 0 spiro atoms. The van der Waals surface area contributed by atoms with E-state index in [1.807, 2.05) is 26.0 Å². The summed E-state index contributed by atoms with van der Waals surface area (Å²) in [5, 5.41) is 18.4. The summed E-state index contributed by atoms with van der Waals surface area (Å²) in [6, 6.07) is 0. The first kappa shape index (κ1) is 15.7. The zero-order valence-electron chi connectivity index (χ0n) is 10.5. The Morgan fingerprint density at radius 2 is 1.75 bits per heavy atom. The van der Waals surface area contributed by atoms with Crippen molar-refractivity contribution in [2.45, 2.75) is 12.0 Å². The predicted octanol–water partition coefficient (Wildman–Crippen LogP) is -3.16. The highest BCUT2D eigenvalue weighted by Crippen LogP contribution is 2.00. The van der Waals surface area contributed by atoms with Crippen LogP contribution >= 0.6 is 0 Å². The van der Waals surface area contributed by atoms with Gasteiger partial charge in [-0.25, -0.2) is 0 Å². The monoisotopic (exact) mass is 234 g/mol. The van der Waals surface area contributed by atoms with Crippen molar-refractivity contribution in [3.63, 3.8) is 0 Å². The van der Waals surface area contributed by atoms with Crippen molar-refractivity contribution >= 4 is 0 Å². The van der Waals surface area contributed by atoms with Gasteiger partial charge in [0.25, 0.3) is 0 Å². The molecule has 0 aliphatic rings. The van der Waals surface area contributed by atoms with Gasteiger partial charge in [-0.1, -0.05) is 0 Å². The predicted molar refractivity (Wildman–Crippen MR) is 65.6 cm³/mol. The van der Waals surface area contributed by atoms with Gasteiger partial charge >= 0.3 is 0 Å². The van der Waals surface area contributed by atoms with Gasteiger partial charge in [-0.3, -0.25) is 20.9 Å². The van der Waals surface area contributed by atoms with Gasteiger partial charge in [-0.05, 0) is 21.1 Å². The lowest BCUT2D eigenvalue weighted by atomic mass is 10.2. The van der Waals surface area contributed by atoms with Gasteiger partial charge < -0.3 is 16.6 Å². The molecule has 0 aromatic rings. The van der Waals surface area contributed by atoms with Crippen molar-refractivity contribution in [1.82, 2.24) is 20.9 Å². The Labute approximate surface area is 97.5 Å². The number of nitrogens with zero attached hydrogens (tertiary/aromatic N) is 1. The zero-order valence-corrected chi connectivity index (χ0v) is 10.5. The molecule has 7 heteroatoms. The number of aliphatic hydroxyl groups excluding tert-OH is 1. The molecule has 0 rings (SSSR count). The molecule has 0 aliphatic heterocycles. The Balaban J connectivity index is 4.56. The van der Waals surface area contributed by atoms with Crippen LogP contribution in [0.25, 0.3) is 0 Å². The Morgan fingerprint density at radius 3 is 2.06 bits per heavy atom. The molecule has 98 valence electrons. The van der Waals surface area contributed by atoms with E-state index in [0.717, 1.165) is 0 Å². The Morgan fingerprint density at radius 1 is 1.25 bits per heavy atom. The SMILES string of the molecule is CNC(CN(CCO)C(N)CN)(NC)NC. The lowest BCUT2D eigenvalue weighted by molar-refractivity contribution is 0.0884. The van der Waals surface area contributed by atoms with Crippen LogP contribution in [0.3, 0.4) is 0 Å². The van der Waals surface area contributed by atoms with Crippen LogP contribution in [0, 0.1) is 0 Å². The van der Waals surface area contributed by atoms with Crippen LogP contribution in [0.15, 0.2) is 0 Å². The number of hydrogen-bond acceptors (Lipinski definition) is 7. The van der Waals surface area contributed by atoms with Crippen LogP contribution in [0.1, 0.15) is 0 Å². The van der Waals surface area contributed by atoms with E-state index in [4.69, 9.17) is 16.6 Å². The smallest absolute Gasteiger partial charge is 0.136 e. The van der Waals surface area contributed by atoms with Crippen molar-refractivity contribution < 1.29 is 5.11 Å². The van der Waals surface area contributed by atoms with Gasteiger partial charge in [0.1, 0.15) is 5.79 Å². The topological polar surface area (TPSA) is 112 Å². The maximum absolute atomic E-state index is 9.00. The molecule has 0 bridgehead atoms. The quantitative estimate of drug-likeness (QED) is 0.234. The molecule has 1 unspecified atom stereocenters. The fourth-order valence-electron chi connectivity index (χ4n) is 1.56. The second-order valence-corrected chi connectivity index (χ2v) is 3.65. The maximum atomic E-state index is 9.00. The highest BCUT2D eigenvalue weighted by Gasteiger charge is 2.28. The van der Waals surface area contributed by atoms with Gasteiger partial charge in [0.15, 0.2) is 0 Å². The molecule has 0 aromatic carbocycles. The molecular weight excluding hydrogens is 208 g/mol. The highest BCUT2D eigenvalue weighted by molar-refractivity contribution is 4.84. The van der Waals surface area contributed by atoms with E-state index >= 15 is 0 Å². The number of nitrogens with one attached hydrogen (secondary N) is 3. The molecule has 0 aliphatic carbocycles. The molecule has 7 nitrogen and oxygen atoms in total. The van der Waals surface area contributed by atoms with E-state index < -0.39 is 5.79 Å². The van der Waals surface area contributed by atoms with E-state index in [1.165, 1.54) is 0 Å². The maximum Gasteiger partial charge on any atom is 0.136 e. The van der Waals surface area contributed by atoms with E-state index in [2.05, 4.69) is 16.0 Å². The van der Waals surface area contributed by atoms with Crippen molar-refractivity contribution in [3.05, 3.63) is 0 Å². The minimum Gasteiger partial charge on any atom is -0.395 e. The Hall–Kier alpha value is -0.280. The minimum absolute atomic E-state index is 0.0565. The third kappa shape index (κ3) is 4.30. The highest BCUT2D eigenvalue weighted by atomic mass is 16.3. The summed E-state index contributed by atoms with van der Waals surface area (Å²) in [4.78, 5) is 1.92. The largest absolute Gasteiger partial charge is 0.395 e. The van der Waals surface area contributed by atoms with Crippen LogP contribution in [-0.2, 0) is 0 Å². The lowest BCUT2D eigenvalue weighted by Gasteiger charge is -2.39.